The summed E-state index contributed by atoms with van der Waals surface area (Å²) in [4.78, 5) is 13.5. The van der Waals surface area contributed by atoms with Gasteiger partial charge in [0, 0.05) is 41.2 Å². The molecule has 1 saturated heterocycles. The van der Waals surface area contributed by atoms with Gasteiger partial charge in [0.25, 0.3) is 0 Å². The third-order valence-electron chi connectivity index (χ3n) is 4.47. The van der Waals surface area contributed by atoms with Gasteiger partial charge in [0.15, 0.2) is 0 Å². The van der Waals surface area contributed by atoms with Crippen molar-refractivity contribution in [1.29, 1.82) is 0 Å². The molecule has 10 heteroatoms. The standard InChI is InChI=1S/C20H23ClN2O5S2/c1-27-19-14-17(30(25,26)23-9-11-28-12-10-23)6-7-18(19)22-20(24)8-13-29-16-4-2-15(21)3-5-16/h2-7,14H,8-13H2,1H3,(H,22,24). The van der Waals surface area contributed by atoms with Crippen molar-refractivity contribution in [2.24, 2.45) is 0 Å². The van der Waals surface area contributed by atoms with Crippen LogP contribution in [0.5, 0.6) is 5.75 Å². The van der Waals surface area contributed by atoms with E-state index in [0.717, 1.165) is 4.90 Å². The zero-order valence-electron chi connectivity index (χ0n) is 16.5. The molecule has 2 aromatic carbocycles. The highest BCUT2D eigenvalue weighted by Crippen LogP contribution is 2.30. The summed E-state index contributed by atoms with van der Waals surface area (Å²) in [6.45, 7) is 1.37. The molecule has 162 valence electrons. The summed E-state index contributed by atoms with van der Waals surface area (Å²) in [6, 6.07) is 11.9. The number of hydrogen-bond donors (Lipinski definition) is 1. The minimum Gasteiger partial charge on any atom is -0.495 e. The third-order valence-corrected chi connectivity index (χ3v) is 7.63. The molecular weight excluding hydrogens is 448 g/mol. The number of methoxy groups -OCH3 is 1. The minimum absolute atomic E-state index is 0.123. The number of halogens is 1. The van der Waals surface area contributed by atoms with Gasteiger partial charge in [-0.3, -0.25) is 4.79 Å². The minimum atomic E-state index is -3.64. The number of anilines is 1. The lowest BCUT2D eigenvalue weighted by molar-refractivity contribution is -0.115. The van der Waals surface area contributed by atoms with Crippen LogP contribution in [-0.4, -0.2) is 57.8 Å². The van der Waals surface area contributed by atoms with Gasteiger partial charge in [-0.05, 0) is 36.4 Å². The number of hydrogen-bond acceptors (Lipinski definition) is 6. The Morgan fingerprint density at radius 2 is 1.90 bits per heavy atom. The SMILES string of the molecule is COc1cc(S(=O)(=O)N2CCOCC2)ccc1NC(=O)CCSc1ccc(Cl)cc1. The zero-order chi connectivity index (χ0) is 21.6. The Kier molecular flexibility index (Phi) is 8.01. The maximum Gasteiger partial charge on any atom is 0.243 e. The Bertz CT molecular complexity index is 977. The van der Waals surface area contributed by atoms with Gasteiger partial charge in [-0.1, -0.05) is 11.6 Å². The smallest absolute Gasteiger partial charge is 0.243 e. The van der Waals surface area contributed by atoms with Gasteiger partial charge in [-0.15, -0.1) is 11.8 Å². The molecule has 0 radical (unpaired) electrons. The van der Waals surface area contributed by atoms with Gasteiger partial charge in [0.1, 0.15) is 5.75 Å². The van der Waals surface area contributed by atoms with Gasteiger partial charge in [-0.25, -0.2) is 8.42 Å². The number of thioether (sulfide) groups is 1. The van der Waals surface area contributed by atoms with E-state index < -0.39 is 10.0 Å². The molecular formula is C20H23ClN2O5S2. The van der Waals surface area contributed by atoms with Crippen molar-refractivity contribution in [3.05, 3.63) is 47.5 Å². The first-order valence-electron chi connectivity index (χ1n) is 9.34. The van der Waals surface area contributed by atoms with Gasteiger partial charge in [0.2, 0.25) is 15.9 Å². The molecule has 0 bridgehead atoms. The summed E-state index contributed by atoms with van der Waals surface area (Å²) in [5, 5.41) is 3.46. The molecule has 3 rings (SSSR count). The highest BCUT2D eigenvalue weighted by atomic mass is 35.5. The number of carbonyl (C=O) groups is 1. The van der Waals surface area contributed by atoms with E-state index in [1.807, 2.05) is 12.1 Å². The van der Waals surface area contributed by atoms with Gasteiger partial charge >= 0.3 is 0 Å². The first-order chi connectivity index (χ1) is 14.4. The fourth-order valence-electron chi connectivity index (χ4n) is 2.88. The molecule has 1 N–H and O–H groups in total. The summed E-state index contributed by atoms with van der Waals surface area (Å²) in [5.41, 5.74) is 0.430. The fourth-order valence-corrected chi connectivity index (χ4v) is 5.28. The molecule has 1 aliphatic rings. The first-order valence-corrected chi connectivity index (χ1v) is 12.1. The van der Waals surface area contributed by atoms with E-state index in [-0.39, 0.29) is 10.8 Å². The van der Waals surface area contributed by atoms with E-state index in [1.165, 1.54) is 23.5 Å². The number of amides is 1. The lowest BCUT2D eigenvalue weighted by atomic mass is 10.3. The zero-order valence-corrected chi connectivity index (χ0v) is 18.9. The van der Waals surface area contributed by atoms with Crippen LogP contribution in [0, 0.1) is 0 Å². The second-order valence-electron chi connectivity index (χ2n) is 6.48. The maximum atomic E-state index is 12.8. The summed E-state index contributed by atoms with van der Waals surface area (Å²) in [5.74, 6) is 0.709. The number of nitrogens with zero attached hydrogens (tertiary/aromatic N) is 1. The summed E-state index contributed by atoms with van der Waals surface area (Å²) in [6.07, 6.45) is 0.296. The molecule has 0 saturated carbocycles. The molecule has 1 aliphatic heterocycles. The lowest BCUT2D eigenvalue weighted by Crippen LogP contribution is -2.40. The number of nitrogens with one attached hydrogen (secondary N) is 1. The van der Waals surface area contributed by atoms with E-state index in [2.05, 4.69) is 5.32 Å². The molecule has 0 unspecified atom stereocenters. The lowest BCUT2D eigenvalue weighted by Gasteiger charge is -2.26. The summed E-state index contributed by atoms with van der Waals surface area (Å²) < 4.78 is 37.5. The molecule has 1 amide bonds. The predicted octanol–water partition coefficient (Wildman–Crippen LogP) is 3.49. The average Bonchev–Trinajstić information content (AvgIpc) is 2.76. The molecule has 0 atom stereocenters. The normalized spacial score (nSPS) is 15.0. The highest BCUT2D eigenvalue weighted by molar-refractivity contribution is 7.99. The molecule has 1 heterocycles. The van der Waals surface area contributed by atoms with E-state index in [0.29, 0.717) is 54.9 Å². The molecule has 0 aromatic heterocycles. The molecule has 2 aromatic rings. The molecule has 0 aliphatic carbocycles. The van der Waals surface area contributed by atoms with E-state index in [9.17, 15) is 13.2 Å². The number of sulfonamides is 1. The van der Waals surface area contributed by atoms with Crippen LogP contribution in [0.3, 0.4) is 0 Å². The van der Waals surface area contributed by atoms with Crippen molar-refractivity contribution in [2.45, 2.75) is 16.2 Å². The van der Waals surface area contributed by atoms with Crippen molar-refractivity contribution in [1.82, 2.24) is 4.31 Å². The first kappa shape index (κ1) is 22.9. The number of rotatable bonds is 8. The topological polar surface area (TPSA) is 84.9 Å². The van der Waals surface area contributed by atoms with Crippen molar-refractivity contribution in [3.8, 4) is 5.75 Å². The maximum absolute atomic E-state index is 12.8. The van der Waals surface area contributed by atoms with Crippen molar-refractivity contribution >= 4 is 45.0 Å². The predicted molar refractivity (Wildman–Crippen MR) is 118 cm³/mol. The number of benzene rings is 2. The fraction of sp³-hybridized carbons (Fsp3) is 0.350. The molecule has 1 fully saturated rings. The van der Waals surface area contributed by atoms with Gasteiger partial charge in [0.05, 0.1) is 30.9 Å². The summed E-state index contributed by atoms with van der Waals surface area (Å²) >= 11 is 7.42. The van der Waals surface area contributed by atoms with Crippen LogP contribution in [0.15, 0.2) is 52.3 Å². The van der Waals surface area contributed by atoms with E-state index >= 15 is 0 Å². The Morgan fingerprint density at radius 3 is 2.57 bits per heavy atom. The highest BCUT2D eigenvalue weighted by Gasteiger charge is 2.27. The Balaban J connectivity index is 1.61. The van der Waals surface area contributed by atoms with Crippen molar-refractivity contribution < 1.29 is 22.7 Å². The second-order valence-corrected chi connectivity index (χ2v) is 10.0. The Labute approximate surface area is 185 Å². The van der Waals surface area contributed by atoms with Crippen LogP contribution >= 0.6 is 23.4 Å². The average molecular weight is 471 g/mol. The quantitative estimate of drug-likeness (QED) is 0.594. The third kappa shape index (κ3) is 5.89. The molecule has 7 nitrogen and oxygen atoms in total. The number of carbonyl (C=O) groups excluding carboxylic acids is 1. The van der Waals surface area contributed by atoms with Crippen LogP contribution < -0.4 is 10.1 Å². The van der Waals surface area contributed by atoms with Crippen LogP contribution in [0.2, 0.25) is 5.02 Å². The second kappa shape index (κ2) is 10.5. The number of morpholine rings is 1. The Hall–Kier alpha value is -1.78. The van der Waals surface area contributed by atoms with Crippen LogP contribution in [0.25, 0.3) is 0 Å². The van der Waals surface area contributed by atoms with Crippen molar-refractivity contribution in [2.75, 3.05) is 44.5 Å². The van der Waals surface area contributed by atoms with Crippen LogP contribution in [0.4, 0.5) is 5.69 Å². The van der Waals surface area contributed by atoms with E-state index in [4.69, 9.17) is 21.1 Å². The van der Waals surface area contributed by atoms with Crippen molar-refractivity contribution in [3.63, 3.8) is 0 Å². The molecule has 0 spiro atoms. The van der Waals surface area contributed by atoms with Crippen LogP contribution in [0.1, 0.15) is 6.42 Å². The largest absolute Gasteiger partial charge is 0.495 e. The Morgan fingerprint density at radius 1 is 1.20 bits per heavy atom. The van der Waals surface area contributed by atoms with E-state index in [1.54, 1.807) is 30.0 Å². The van der Waals surface area contributed by atoms with Gasteiger partial charge in [-0.2, -0.15) is 4.31 Å². The van der Waals surface area contributed by atoms with Crippen LogP contribution in [-0.2, 0) is 19.6 Å². The monoisotopic (exact) mass is 470 g/mol. The summed E-state index contributed by atoms with van der Waals surface area (Å²) in [7, 11) is -2.20. The molecule has 30 heavy (non-hydrogen) atoms. The van der Waals surface area contributed by atoms with Gasteiger partial charge < -0.3 is 14.8 Å². The number of ether oxygens (including phenoxy) is 2.